The molecule has 1 unspecified atom stereocenters. The van der Waals surface area contributed by atoms with E-state index in [4.69, 9.17) is 0 Å². The summed E-state index contributed by atoms with van der Waals surface area (Å²) in [6, 6.07) is 3.77. The predicted molar refractivity (Wildman–Crippen MR) is 104 cm³/mol. The van der Waals surface area contributed by atoms with E-state index in [2.05, 4.69) is 20.0 Å². The summed E-state index contributed by atoms with van der Waals surface area (Å²) < 4.78 is 1.79. The maximum atomic E-state index is 13.1. The van der Waals surface area contributed by atoms with E-state index in [1.807, 2.05) is 37.1 Å². The summed E-state index contributed by atoms with van der Waals surface area (Å²) in [4.78, 5) is 26.5. The highest BCUT2D eigenvalue weighted by Gasteiger charge is 2.41. The van der Waals surface area contributed by atoms with Crippen LogP contribution in [0.3, 0.4) is 0 Å². The minimum atomic E-state index is 0.109. The normalized spacial score (nSPS) is 23.0. The Morgan fingerprint density at radius 1 is 1.15 bits per heavy atom. The lowest BCUT2D eigenvalue weighted by Crippen LogP contribution is -2.54. The Morgan fingerprint density at radius 3 is 2.74 bits per heavy atom. The van der Waals surface area contributed by atoms with Crippen LogP contribution >= 0.6 is 0 Å². The van der Waals surface area contributed by atoms with Crippen molar-refractivity contribution in [1.29, 1.82) is 0 Å². The fraction of sp³-hybridized carbons (Fsp3) is 0.600. The van der Waals surface area contributed by atoms with Crippen molar-refractivity contribution in [2.45, 2.75) is 46.1 Å². The van der Waals surface area contributed by atoms with Crippen molar-refractivity contribution < 1.29 is 4.79 Å². The molecule has 7 heteroatoms. The second-order valence-electron chi connectivity index (χ2n) is 7.89. The van der Waals surface area contributed by atoms with Crippen LogP contribution in [0, 0.1) is 12.3 Å². The number of nitrogens with zero attached hydrogens (tertiary/aromatic N) is 6. The molecule has 0 bridgehead atoms. The van der Waals surface area contributed by atoms with Gasteiger partial charge in [0.15, 0.2) is 0 Å². The van der Waals surface area contributed by atoms with Crippen LogP contribution in [0.15, 0.2) is 24.5 Å². The second kappa shape index (κ2) is 7.29. The van der Waals surface area contributed by atoms with Crippen LogP contribution in [0.4, 0.5) is 5.95 Å². The van der Waals surface area contributed by atoms with E-state index in [-0.39, 0.29) is 11.3 Å². The van der Waals surface area contributed by atoms with Gasteiger partial charge in [-0.15, -0.1) is 0 Å². The van der Waals surface area contributed by atoms with E-state index in [1.165, 1.54) is 0 Å². The van der Waals surface area contributed by atoms with Crippen molar-refractivity contribution in [2.75, 3.05) is 31.1 Å². The first-order valence-corrected chi connectivity index (χ1v) is 9.96. The Hall–Kier alpha value is -2.44. The average molecular weight is 368 g/mol. The van der Waals surface area contributed by atoms with Gasteiger partial charge in [0.2, 0.25) is 5.95 Å². The molecule has 2 saturated heterocycles. The highest BCUT2D eigenvalue weighted by Crippen LogP contribution is 2.39. The Bertz CT molecular complexity index is 814. The second-order valence-corrected chi connectivity index (χ2v) is 7.89. The maximum Gasteiger partial charge on any atom is 0.272 e. The number of aryl methyl sites for hydroxylation is 2. The van der Waals surface area contributed by atoms with E-state index in [9.17, 15) is 4.79 Å². The SMILES string of the molecule is CCn1nccc1C(=O)N1CCCC2(CCCN(c3nccc(C)n3)C2)C1. The minimum Gasteiger partial charge on any atom is -0.340 e. The molecule has 2 fully saturated rings. The van der Waals surface area contributed by atoms with Gasteiger partial charge >= 0.3 is 0 Å². The van der Waals surface area contributed by atoms with Gasteiger partial charge in [-0.2, -0.15) is 5.10 Å². The molecule has 0 aromatic carbocycles. The van der Waals surface area contributed by atoms with Gasteiger partial charge in [0.1, 0.15) is 5.69 Å². The van der Waals surface area contributed by atoms with Crippen LogP contribution in [-0.4, -0.2) is 56.7 Å². The number of amides is 1. The standard InChI is InChI=1S/C20H28N6O/c1-3-26-17(7-11-22-26)18(27)24-12-4-8-20(14-24)9-5-13-25(15-20)19-21-10-6-16(2)23-19/h6-7,10-11H,3-5,8-9,12-15H2,1-2H3. The van der Waals surface area contributed by atoms with Crippen LogP contribution in [0.1, 0.15) is 48.8 Å². The van der Waals surface area contributed by atoms with Crippen LogP contribution in [-0.2, 0) is 6.54 Å². The van der Waals surface area contributed by atoms with E-state index >= 15 is 0 Å². The molecule has 0 saturated carbocycles. The summed E-state index contributed by atoms with van der Waals surface area (Å²) in [6.45, 7) is 8.28. The third-order valence-corrected chi connectivity index (χ3v) is 5.91. The van der Waals surface area contributed by atoms with Crippen molar-refractivity contribution in [1.82, 2.24) is 24.6 Å². The first-order valence-electron chi connectivity index (χ1n) is 9.96. The van der Waals surface area contributed by atoms with Gasteiger partial charge in [-0.1, -0.05) is 0 Å². The Balaban J connectivity index is 1.52. The van der Waals surface area contributed by atoms with Gasteiger partial charge in [-0.05, 0) is 51.7 Å². The predicted octanol–water partition coefficient (Wildman–Crippen LogP) is 2.52. The van der Waals surface area contributed by atoms with Gasteiger partial charge < -0.3 is 9.80 Å². The van der Waals surface area contributed by atoms with Crippen LogP contribution in [0.5, 0.6) is 0 Å². The molecule has 4 rings (SSSR count). The molecule has 2 aliphatic heterocycles. The molecule has 2 aromatic rings. The summed E-state index contributed by atoms with van der Waals surface area (Å²) in [7, 11) is 0. The number of anilines is 1. The lowest BCUT2D eigenvalue weighted by molar-refractivity contribution is 0.0454. The van der Waals surface area contributed by atoms with Gasteiger partial charge in [0.05, 0.1) is 0 Å². The van der Waals surface area contributed by atoms with Gasteiger partial charge in [-0.25, -0.2) is 9.97 Å². The molecule has 1 spiro atoms. The Kier molecular flexibility index (Phi) is 4.85. The molecule has 2 aliphatic rings. The average Bonchev–Trinajstić information content (AvgIpc) is 3.16. The zero-order valence-electron chi connectivity index (χ0n) is 16.3. The number of aromatic nitrogens is 4. The summed E-state index contributed by atoms with van der Waals surface area (Å²) in [6.07, 6.45) is 8.04. The molecule has 1 atom stereocenters. The molecule has 27 heavy (non-hydrogen) atoms. The Morgan fingerprint density at radius 2 is 1.96 bits per heavy atom. The fourth-order valence-corrected chi connectivity index (χ4v) is 4.61. The molecule has 0 radical (unpaired) electrons. The summed E-state index contributed by atoms with van der Waals surface area (Å²) >= 11 is 0. The third kappa shape index (κ3) is 3.55. The fourth-order valence-electron chi connectivity index (χ4n) is 4.61. The molecule has 4 heterocycles. The molecule has 0 N–H and O–H groups in total. The zero-order chi connectivity index (χ0) is 18.9. The molecule has 2 aromatic heterocycles. The van der Waals surface area contributed by atoms with Crippen LogP contribution in [0.25, 0.3) is 0 Å². The lowest BCUT2D eigenvalue weighted by Gasteiger charge is -2.48. The van der Waals surface area contributed by atoms with Crippen molar-refractivity contribution in [3.63, 3.8) is 0 Å². The first kappa shape index (κ1) is 17.9. The number of hydrogen-bond donors (Lipinski definition) is 0. The quantitative estimate of drug-likeness (QED) is 0.833. The van der Waals surface area contributed by atoms with Crippen LogP contribution < -0.4 is 4.90 Å². The van der Waals surface area contributed by atoms with Gasteiger partial charge in [-0.3, -0.25) is 9.48 Å². The monoisotopic (exact) mass is 368 g/mol. The number of likely N-dealkylation sites (tertiary alicyclic amines) is 1. The number of carbonyl (C=O) groups excluding carboxylic acids is 1. The largest absolute Gasteiger partial charge is 0.340 e. The molecule has 7 nitrogen and oxygen atoms in total. The summed E-state index contributed by atoms with van der Waals surface area (Å²) in [5, 5.41) is 4.26. The van der Waals surface area contributed by atoms with Crippen molar-refractivity contribution in [3.8, 4) is 0 Å². The zero-order valence-corrected chi connectivity index (χ0v) is 16.3. The number of hydrogen-bond acceptors (Lipinski definition) is 5. The van der Waals surface area contributed by atoms with Gasteiger partial charge in [0.25, 0.3) is 5.91 Å². The smallest absolute Gasteiger partial charge is 0.272 e. The molecular formula is C20H28N6O. The molecule has 1 amide bonds. The highest BCUT2D eigenvalue weighted by molar-refractivity contribution is 5.92. The van der Waals surface area contributed by atoms with E-state index in [0.29, 0.717) is 12.2 Å². The van der Waals surface area contributed by atoms with Gasteiger partial charge in [0, 0.05) is 56.2 Å². The van der Waals surface area contributed by atoms with Crippen molar-refractivity contribution >= 4 is 11.9 Å². The number of carbonyl (C=O) groups is 1. The summed E-state index contributed by atoms with van der Waals surface area (Å²) in [5.41, 5.74) is 1.83. The highest BCUT2D eigenvalue weighted by atomic mass is 16.2. The summed E-state index contributed by atoms with van der Waals surface area (Å²) in [5.74, 6) is 0.930. The molecule has 144 valence electrons. The third-order valence-electron chi connectivity index (χ3n) is 5.91. The first-order chi connectivity index (χ1) is 13.1. The van der Waals surface area contributed by atoms with E-state index < -0.39 is 0 Å². The maximum absolute atomic E-state index is 13.1. The van der Waals surface area contributed by atoms with Crippen molar-refractivity contribution in [3.05, 3.63) is 35.9 Å². The molecule has 0 aliphatic carbocycles. The Labute approximate surface area is 160 Å². The van der Waals surface area contributed by atoms with Crippen molar-refractivity contribution in [2.24, 2.45) is 5.41 Å². The lowest BCUT2D eigenvalue weighted by atomic mass is 9.73. The minimum absolute atomic E-state index is 0.109. The topological polar surface area (TPSA) is 67.2 Å². The number of piperidine rings is 2. The number of rotatable bonds is 3. The molecular weight excluding hydrogens is 340 g/mol. The van der Waals surface area contributed by atoms with E-state index in [1.54, 1.807) is 10.9 Å². The van der Waals surface area contributed by atoms with E-state index in [0.717, 1.165) is 63.5 Å². The van der Waals surface area contributed by atoms with Crippen LogP contribution in [0.2, 0.25) is 0 Å².